The van der Waals surface area contributed by atoms with Gasteiger partial charge in [0, 0.05) is 4.47 Å². The molecule has 0 nitrogen and oxygen atoms in total. The van der Waals surface area contributed by atoms with Gasteiger partial charge in [0.25, 0.3) is 0 Å². The second kappa shape index (κ2) is 4.08. The van der Waals surface area contributed by atoms with Crippen LogP contribution in [-0.2, 0) is 6.42 Å². The maximum atomic E-state index is 3.50. The van der Waals surface area contributed by atoms with Crippen molar-refractivity contribution in [3.8, 4) is 0 Å². The second-order valence-electron chi connectivity index (χ2n) is 3.73. The lowest BCUT2D eigenvalue weighted by Gasteiger charge is -2.06. The molecule has 12 heavy (non-hydrogen) atoms. The van der Waals surface area contributed by atoms with Crippen molar-refractivity contribution in [3.05, 3.63) is 33.8 Å². The zero-order valence-electron chi connectivity index (χ0n) is 7.89. The van der Waals surface area contributed by atoms with Crippen LogP contribution in [0.3, 0.4) is 0 Å². The van der Waals surface area contributed by atoms with Gasteiger partial charge in [-0.3, -0.25) is 0 Å². The van der Waals surface area contributed by atoms with Crippen LogP contribution in [0.15, 0.2) is 22.7 Å². The van der Waals surface area contributed by atoms with Gasteiger partial charge in [0.15, 0.2) is 0 Å². The van der Waals surface area contributed by atoms with E-state index in [9.17, 15) is 0 Å². The average molecular weight is 227 g/mol. The van der Waals surface area contributed by atoms with Crippen molar-refractivity contribution >= 4 is 15.9 Å². The largest absolute Gasteiger partial charge is 0.0625 e. The highest BCUT2D eigenvalue weighted by Gasteiger charge is 1.99. The molecule has 0 radical (unpaired) electrons. The molecule has 0 amide bonds. The van der Waals surface area contributed by atoms with Crippen LogP contribution in [0.25, 0.3) is 0 Å². The van der Waals surface area contributed by atoms with Crippen LogP contribution >= 0.6 is 15.9 Å². The van der Waals surface area contributed by atoms with E-state index in [2.05, 4.69) is 54.9 Å². The first-order valence-corrected chi connectivity index (χ1v) is 5.13. The minimum absolute atomic E-state index is 0.735. The van der Waals surface area contributed by atoms with E-state index >= 15 is 0 Å². The molecule has 1 rings (SSSR count). The van der Waals surface area contributed by atoms with Crippen molar-refractivity contribution < 1.29 is 0 Å². The van der Waals surface area contributed by atoms with Gasteiger partial charge in [0.1, 0.15) is 0 Å². The first-order chi connectivity index (χ1) is 5.58. The Morgan fingerprint density at radius 3 is 2.42 bits per heavy atom. The fourth-order valence-corrected chi connectivity index (χ4v) is 2.06. The molecule has 0 bridgehead atoms. The topological polar surface area (TPSA) is 0 Å². The van der Waals surface area contributed by atoms with Crippen molar-refractivity contribution in [2.45, 2.75) is 27.2 Å². The highest BCUT2D eigenvalue weighted by Crippen LogP contribution is 2.17. The number of halogens is 1. The van der Waals surface area contributed by atoms with Gasteiger partial charge in [-0.25, -0.2) is 0 Å². The van der Waals surface area contributed by atoms with Gasteiger partial charge in [-0.2, -0.15) is 0 Å². The Balaban J connectivity index is 2.85. The van der Waals surface area contributed by atoms with Gasteiger partial charge in [-0.05, 0) is 42.5 Å². The summed E-state index contributed by atoms with van der Waals surface area (Å²) in [6, 6.07) is 6.60. The predicted molar refractivity (Wildman–Crippen MR) is 57.4 cm³/mol. The third-order valence-corrected chi connectivity index (χ3v) is 2.20. The standard InChI is InChI=1S/C11H15Br/c1-8(2)4-10-5-9(3)6-11(12)7-10/h5-8H,4H2,1-3H3. The van der Waals surface area contributed by atoms with Gasteiger partial charge in [-0.15, -0.1) is 0 Å². The van der Waals surface area contributed by atoms with Gasteiger partial charge in [-0.1, -0.05) is 35.8 Å². The Kier molecular flexibility index (Phi) is 3.33. The Morgan fingerprint density at radius 1 is 1.25 bits per heavy atom. The minimum Gasteiger partial charge on any atom is -0.0625 e. The van der Waals surface area contributed by atoms with Crippen LogP contribution in [0.5, 0.6) is 0 Å². The van der Waals surface area contributed by atoms with Crippen LogP contribution in [0.4, 0.5) is 0 Å². The molecule has 0 saturated heterocycles. The zero-order chi connectivity index (χ0) is 9.14. The molecule has 1 aromatic rings. The molecular formula is C11H15Br. The molecule has 0 heterocycles. The van der Waals surface area contributed by atoms with E-state index < -0.39 is 0 Å². The van der Waals surface area contributed by atoms with E-state index in [0.29, 0.717) is 0 Å². The SMILES string of the molecule is Cc1cc(Br)cc(CC(C)C)c1. The number of hydrogen-bond donors (Lipinski definition) is 0. The quantitative estimate of drug-likeness (QED) is 0.717. The van der Waals surface area contributed by atoms with E-state index in [1.807, 2.05) is 0 Å². The minimum atomic E-state index is 0.735. The smallest absolute Gasteiger partial charge is 0.0180 e. The second-order valence-corrected chi connectivity index (χ2v) is 4.65. The van der Waals surface area contributed by atoms with Crippen LogP contribution < -0.4 is 0 Å². The molecule has 0 fully saturated rings. The summed E-state index contributed by atoms with van der Waals surface area (Å²) in [4.78, 5) is 0. The summed E-state index contributed by atoms with van der Waals surface area (Å²) in [7, 11) is 0. The molecule has 0 atom stereocenters. The van der Waals surface area contributed by atoms with Crippen molar-refractivity contribution in [1.82, 2.24) is 0 Å². The molecule has 0 N–H and O–H groups in total. The van der Waals surface area contributed by atoms with Gasteiger partial charge in [0.05, 0.1) is 0 Å². The Morgan fingerprint density at radius 2 is 1.92 bits per heavy atom. The number of hydrogen-bond acceptors (Lipinski definition) is 0. The predicted octanol–water partition coefficient (Wildman–Crippen LogP) is 3.96. The first-order valence-electron chi connectivity index (χ1n) is 4.34. The van der Waals surface area contributed by atoms with Crippen molar-refractivity contribution in [2.75, 3.05) is 0 Å². The normalized spacial score (nSPS) is 10.8. The summed E-state index contributed by atoms with van der Waals surface area (Å²) in [6.45, 7) is 6.63. The summed E-state index contributed by atoms with van der Waals surface area (Å²) in [5, 5.41) is 0. The molecule has 0 spiro atoms. The fourth-order valence-electron chi connectivity index (χ4n) is 1.40. The first kappa shape index (κ1) is 9.79. The van der Waals surface area contributed by atoms with Crippen molar-refractivity contribution in [1.29, 1.82) is 0 Å². The number of benzene rings is 1. The third-order valence-electron chi connectivity index (χ3n) is 1.75. The Labute approximate surface area is 83.1 Å². The van der Waals surface area contributed by atoms with Gasteiger partial charge < -0.3 is 0 Å². The molecule has 0 saturated carbocycles. The summed E-state index contributed by atoms with van der Waals surface area (Å²) in [6.07, 6.45) is 1.17. The average Bonchev–Trinajstić information content (AvgIpc) is 1.81. The molecule has 1 heteroatoms. The lowest BCUT2D eigenvalue weighted by molar-refractivity contribution is 0.647. The monoisotopic (exact) mass is 226 g/mol. The lowest BCUT2D eigenvalue weighted by Crippen LogP contribution is -1.94. The lowest BCUT2D eigenvalue weighted by atomic mass is 10.0. The zero-order valence-corrected chi connectivity index (χ0v) is 9.48. The van der Waals surface area contributed by atoms with Crippen LogP contribution in [-0.4, -0.2) is 0 Å². The van der Waals surface area contributed by atoms with Gasteiger partial charge >= 0.3 is 0 Å². The summed E-state index contributed by atoms with van der Waals surface area (Å²) in [5.74, 6) is 0.735. The third kappa shape index (κ3) is 2.98. The van der Waals surface area contributed by atoms with E-state index in [1.54, 1.807) is 0 Å². The highest BCUT2D eigenvalue weighted by atomic mass is 79.9. The van der Waals surface area contributed by atoms with E-state index in [4.69, 9.17) is 0 Å². The maximum absolute atomic E-state index is 3.50. The summed E-state index contributed by atoms with van der Waals surface area (Å²) in [5.41, 5.74) is 2.76. The van der Waals surface area contributed by atoms with E-state index in [1.165, 1.54) is 22.0 Å². The molecule has 0 aromatic heterocycles. The molecule has 0 aliphatic heterocycles. The summed E-state index contributed by atoms with van der Waals surface area (Å²) >= 11 is 3.50. The number of rotatable bonds is 2. The van der Waals surface area contributed by atoms with Crippen LogP contribution in [0.2, 0.25) is 0 Å². The van der Waals surface area contributed by atoms with Crippen molar-refractivity contribution in [2.24, 2.45) is 5.92 Å². The van der Waals surface area contributed by atoms with Crippen molar-refractivity contribution in [3.63, 3.8) is 0 Å². The summed E-state index contributed by atoms with van der Waals surface area (Å²) < 4.78 is 1.19. The van der Waals surface area contributed by atoms with Crippen LogP contribution in [0, 0.1) is 12.8 Å². The van der Waals surface area contributed by atoms with Crippen LogP contribution in [0.1, 0.15) is 25.0 Å². The molecule has 0 aliphatic rings. The molecule has 0 aliphatic carbocycles. The number of aryl methyl sites for hydroxylation is 1. The Bertz CT molecular complexity index is 243. The maximum Gasteiger partial charge on any atom is 0.0180 e. The molecule has 66 valence electrons. The molecular weight excluding hydrogens is 212 g/mol. The molecule has 0 unspecified atom stereocenters. The molecule has 1 aromatic carbocycles. The van der Waals surface area contributed by atoms with E-state index in [0.717, 1.165) is 5.92 Å². The Hall–Kier alpha value is -0.300. The van der Waals surface area contributed by atoms with E-state index in [-0.39, 0.29) is 0 Å². The fraction of sp³-hybridized carbons (Fsp3) is 0.455. The highest BCUT2D eigenvalue weighted by molar-refractivity contribution is 9.10. The van der Waals surface area contributed by atoms with Gasteiger partial charge in [0.2, 0.25) is 0 Å².